The van der Waals surface area contributed by atoms with Crippen LogP contribution in [0.4, 0.5) is 13.2 Å². The minimum atomic E-state index is -4.39. The molecule has 112 valence electrons. The van der Waals surface area contributed by atoms with Crippen molar-refractivity contribution < 1.29 is 18.0 Å². The van der Waals surface area contributed by atoms with Crippen LogP contribution in [0.3, 0.4) is 0 Å². The molecule has 0 saturated heterocycles. The lowest BCUT2D eigenvalue weighted by atomic mass is 10.0. The third kappa shape index (κ3) is 4.07. The van der Waals surface area contributed by atoms with E-state index in [1.54, 1.807) is 25.1 Å². The molecule has 0 bridgehead atoms. The van der Waals surface area contributed by atoms with Crippen LogP contribution in [0.2, 0.25) is 0 Å². The number of carbonyl (C=O) groups is 1. The molecule has 0 radical (unpaired) electrons. The summed E-state index contributed by atoms with van der Waals surface area (Å²) in [5, 5.41) is 2.69. The fourth-order valence-electron chi connectivity index (χ4n) is 1.77. The molecular formula is C14H11BrF3NOS. The molecule has 0 spiro atoms. The van der Waals surface area contributed by atoms with Gasteiger partial charge in [0.05, 0.1) is 20.3 Å². The van der Waals surface area contributed by atoms with Crippen molar-refractivity contribution in [2.45, 2.75) is 19.1 Å². The van der Waals surface area contributed by atoms with E-state index in [1.807, 2.05) is 0 Å². The van der Waals surface area contributed by atoms with Gasteiger partial charge in [0.2, 0.25) is 0 Å². The minimum Gasteiger partial charge on any atom is -0.345 e. The second-order valence-corrected chi connectivity index (χ2v) is 6.89. The lowest BCUT2D eigenvalue weighted by Gasteiger charge is -2.15. The van der Waals surface area contributed by atoms with Crippen LogP contribution in [-0.2, 0) is 6.18 Å². The molecule has 1 N–H and O–H groups in total. The third-order valence-electron chi connectivity index (χ3n) is 2.86. The van der Waals surface area contributed by atoms with Gasteiger partial charge in [-0.1, -0.05) is 12.1 Å². The zero-order chi connectivity index (χ0) is 15.6. The molecule has 1 unspecified atom stereocenters. The molecule has 0 saturated carbocycles. The maximum absolute atomic E-state index is 12.7. The topological polar surface area (TPSA) is 29.1 Å². The van der Waals surface area contributed by atoms with Gasteiger partial charge in [0, 0.05) is 0 Å². The summed E-state index contributed by atoms with van der Waals surface area (Å²) in [6, 6.07) is 7.84. The van der Waals surface area contributed by atoms with Gasteiger partial charge in [-0.05, 0) is 52.7 Å². The van der Waals surface area contributed by atoms with Crippen LogP contribution in [-0.4, -0.2) is 5.91 Å². The highest BCUT2D eigenvalue weighted by molar-refractivity contribution is 9.11. The lowest BCUT2D eigenvalue weighted by Crippen LogP contribution is -2.26. The molecule has 1 aromatic carbocycles. The first kappa shape index (κ1) is 16.0. The average molecular weight is 378 g/mol. The zero-order valence-electron chi connectivity index (χ0n) is 10.9. The Morgan fingerprint density at radius 3 is 2.57 bits per heavy atom. The molecule has 21 heavy (non-hydrogen) atoms. The maximum Gasteiger partial charge on any atom is 0.416 e. The highest BCUT2D eigenvalue weighted by Gasteiger charge is 2.30. The summed E-state index contributed by atoms with van der Waals surface area (Å²) < 4.78 is 38.8. The smallest absolute Gasteiger partial charge is 0.345 e. The fourth-order valence-corrected chi connectivity index (χ4v) is 3.06. The van der Waals surface area contributed by atoms with Gasteiger partial charge in [0.1, 0.15) is 0 Å². The van der Waals surface area contributed by atoms with Crippen LogP contribution in [0, 0.1) is 0 Å². The van der Waals surface area contributed by atoms with Crippen molar-refractivity contribution >= 4 is 33.2 Å². The van der Waals surface area contributed by atoms with E-state index in [9.17, 15) is 18.0 Å². The third-order valence-corrected chi connectivity index (χ3v) is 4.48. The second kappa shape index (κ2) is 6.19. The number of halogens is 4. The number of alkyl halides is 3. The van der Waals surface area contributed by atoms with Crippen molar-refractivity contribution in [2.75, 3.05) is 0 Å². The van der Waals surface area contributed by atoms with Crippen molar-refractivity contribution in [2.24, 2.45) is 0 Å². The second-order valence-electron chi connectivity index (χ2n) is 4.42. The lowest BCUT2D eigenvalue weighted by molar-refractivity contribution is -0.137. The van der Waals surface area contributed by atoms with Gasteiger partial charge in [-0.2, -0.15) is 13.2 Å². The Hall–Kier alpha value is -1.34. The van der Waals surface area contributed by atoms with Crippen LogP contribution in [0.5, 0.6) is 0 Å². The summed E-state index contributed by atoms with van der Waals surface area (Å²) in [4.78, 5) is 12.5. The van der Waals surface area contributed by atoms with E-state index in [2.05, 4.69) is 21.2 Å². The first-order valence-electron chi connectivity index (χ1n) is 6.01. The summed E-state index contributed by atoms with van der Waals surface area (Å²) in [6.45, 7) is 1.65. The Bertz CT molecular complexity index is 654. The Labute approximate surface area is 132 Å². The molecule has 1 aromatic heterocycles. The Morgan fingerprint density at radius 1 is 1.29 bits per heavy atom. The van der Waals surface area contributed by atoms with E-state index in [0.29, 0.717) is 10.4 Å². The molecule has 2 nitrogen and oxygen atoms in total. The molecule has 0 aliphatic carbocycles. The quantitative estimate of drug-likeness (QED) is 0.799. The van der Waals surface area contributed by atoms with Gasteiger partial charge in [-0.25, -0.2) is 0 Å². The van der Waals surface area contributed by atoms with E-state index in [1.165, 1.54) is 17.4 Å². The fraction of sp³-hybridized carbons (Fsp3) is 0.214. The first-order chi connectivity index (χ1) is 9.77. The van der Waals surface area contributed by atoms with Gasteiger partial charge in [0.25, 0.3) is 5.91 Å². The van der Waals surface area contributed by atoms with Gasteiger partial charge in [-0.3, -0.25) is 4.79 Å². The maximum atomic E-state index is 12.7. The molecule has 1 amide bonds. The first-order valence-corrected chi connectivity index (χ1v) is 7.61. The number of rotatable bonds is 3. The Kier molecular flexibility index (Phi) is 4.73. The minimum absolute atomic E-state index is 0.310. The van der Waals surface area contributed by atoms with Gasteiger partial charge in [0.15, 0.2) is 0 Å². The molecule has 0 fully saturated rings. The number of thiophene rings is 1. The average Bonchev–Trinajstić information content (AvgIpc) is 2.84. The number of hydrogen-bond donors (Lipinski definition) is 1. The summed E-state index contributed by atoms with van der Waals surface area (Å²) >= 11 is 4.52. The van der Waals surface area contributed by atoms with Crippen LogP contribution >= 0.6 is 27.3 Å². The molecule has 7 heteroatoms. The van der Waals surface area contributed by atoms with Gasteiger partial charge >= 0.3 is 6.18 Å². The highest BCUT2D eigenvalue weighted by Crippen LogP contribution is 2.31. The molecular weight excluding hydrogens is 367 g/mol. The number of carbonyl (C=O) groups excluding carboxylic acids is 1. The van der Waals surface area contributed by atoms with Crippen molar-refractivity contribution in [3.05, 3.63) is 56.2 Å². The zero-order valence-corrected chi connectivity index (χ0v) is 13.3. The molecule has 1 atom stereocenters. The monoisotopic (exact) mass is 377 g/mol. The van der Waals surface area contributed by atoms with Crippen LogP contribution in [0.15, 0.2) is 40.2 Å². The van der Waals surface area contributed by atoms with E-state index < -0.39 is 17.8 Å². The van der Waals surface area contributed by atoms with Gasteiger partial charge < -0.3 is 5.32 Å². The molecule has 2 aromatic rings. The number of amides is 1. The molecule has 0 aliphatic heterocycles. The van der Waals surface area contributed by atoms with E-state index in [-0.39, 0.29) is 5.91 Å². The van der Waals surface area contributed by atoms with Crippen molar-refractivity contribution in [1.82, 2.24) is 5.32 Å². The van der Waals surface area contributed by atoms with E-state index >= 15 is 0 Å². The Balaban J connectivity index is 2.13. The van der Waals surface area contributed by atoms with Crippen molar-refractivity contribution in [3.8, 4) is 0 Å². The summed E-state index contributed by atoms with van der Waals surface area (Å²) in [5.74, 6) is -0.310. The van der Waals surface area contributed by atoms with Crippen molar-refractivity contribution in [3.63, 3.8) is 0 Å². The normalized spacial score (nSPS) is 13.0. The highest BCUT2D eigenvalue weighted by atomic mass is 79.9. The van der Waals surface area contributed by atoms with Gasteiger partial charge in [-0.15, -0.1) is 11.3 Å². The predicted octanol–water partition coefficient (Wildman–Crippen LogP) is 5.02. The van der Waals surface area contributed by atoms with Crippen LogP contribution < -0.4 is 5.32 Å². The number of nitrogens with one attached hydrogen (secondary N) is 1. The van der Waals surface area contributed by atoms with E-state index in [4.69, 9.17) is 0 Å². The summed E-state index contributed by atoms with van der Waals surface area (Å²) in [6.07, 6.45) is -4.39. The summed E-state index contributed by atoms with van der Waals surface area (Å²) in [5.41, 5.74) is -0.311. The molecule has 1 heterocycles. The van der Waals surface area contributed by atoms with Crippen molar-refractivity contribution in [1.29, 1.82) is 0 Å². The Morgan fingerprint density at radius 2 is 2.00 bits per heavy atom. The largest absolute Gasteiger partial charge is 0.416 e. The molecule has 0 aliphatic rings. The summed E-state index contributed by atoms with van der Waals surface area (Å²) in [7, 11) is 0. The number of benzene rings is 1. The van der Waals surface area contributed by atoms with Crippen LogP contribution in [0.25, 0.3) is 0 Å². The standard InChI is InChI=1S/C14H11BrF3NOS/c1-8(19-13(20)11-5-6-12(15)21-11)9-3-2-4-10(7-9)14(16,17)18/h2-8H,1H3,(H,19,20). The number of hydrogen-bond acceptors (Lipinski definition) is 2. The SMILES string of the molecule is CC(NC(=O)c1ccc(Br)s1)c1cccc(C(F)(F)F)c1. The van der Waals surface area contributed by atoms with E-state index in [0.717, 1.165) is 15.9 Å². The van der Waals surface area contributed by atoms with Crippen LogP contribution in [0.1, 0.15) is 33.8 Å². The molecule has 2 rings (SSSR count). The predicted molar refractivity (Wildman–Crippen MR) is 79.3 cm³/mol.